The molecule has 0 unspecified atom stereocenters. The maximum absolute atomic E-state index is 12.2. The van der Waals surface area contributed by atoms with Crippen molar-refractivity contribution in [2.75, 3.05) is 25.2 Å². The Morgan fingerprint density at radius 2 is 2.00 bits per heavy atom. The summed E-state index contributed by atoms with van der Waals surface area (Å²) in [5.41, 5.74) is 1.23. The first-order valence-corrected chi connectivity index (χ1v) is 10.5. The fourth-order valence-electron chi connectivity index (χ4n) is 2.48. The molecule has 0 saturated heterocycles. The van der Waals surface area contributed by atoms with Gasteiger partial charge in [0.05, 0.1) is 5.75 Å². The van der Waals surface area contributed by atoms with Crippen LogP contribution in [0.25, 0.3) is 0 Å². The summed E-state index contributed by atoms with van der Waals surface area (Å²) in [6.07, 6.45) is 2.60. The second-order valence-corrected chi connectivity index (χ2v) is 8.22. The lowest BCUT2D eigenvalue weighted by atomic mass is 10.2. The number of amides is 2. The number of nitrogens with zero attached hydrogens (tertiary/aromatic N) is 4. The van der Waals surface area contributed by atoms with Crippen molar-refractivity contribution >= 4 is 40.6 Å². The molecule has 3 rings (SSSR count). The molecule has 1 N–H and O–H groups in total. The molecular weight excluding hydrogens is 394 g/mol. The van der Waals surface area contributed by atoms with Crippen LogP contribution in [0, 0.1) is 0 Å². The van der Waals surface area contributed by atoms with Crippen LogP contribution >= 0.6 is 23.1 Å². The average molecular weight is 416 g/mol. The van der Waals surface area contributed by atoms with Gasteiger partial charge in [0.15, 0.2) is 5.16 Å². The van der Waals surface area contributed by atoms with E-state index in [1.807, 2.05) is 10.6 Å². The van der Waals surface area contributed by atoms with E-state index >= 15 is 0 Å². The van der Waals surface area contributed by atoms with Gasteiger partial charge in [0, 0.05) is 36.8 Å². The van der Waals surface area contributed by atoms with Gasteiger partial charge in [-0.3, -0.25) is 9.59 Å². The zero-order valence-electron chi connectivity index (χ0n) is 15.7. The van der Waals surface area contributed by atoms with Gasteiger partial charge >= 0.3 is 0 Å². The molecule has 1 aromatic carbocycles. The van der Waals surface area contributed by atoms with Crippen molar-refractivity contribution < 1.29 is 9.59 Å². The molecule has 0 fully saturated rings. The van der Waals surface area contributed by atoms with Crippen LogP contribution in [-0.4, -0.2) is 51.3 Å². The molecule has 7 nitrogen and oxygen atoms in total. The summed E-state index contributed by atoms with van der Waals surface area (Å²) in [7, 11) is 3.41. The summed E-state index contributed by atoms with van der Waals surface area (Å²) < 4.78 is 1.96. The zero-order chi connectivity index (χ0) is 19.9. The van der Waals surface area contributed by atoms with Gasteiger partial charge in [-0.05, 0) is 42.1 Å². The monoisotopic (exact) mass is 415 g/mol. The number of aryl methyl sites for hydroxylation is 2. The van der Waals surface area contributed by atoms with Gasteiger partial charge in [-0.1, -0.05) is 17.8 Å². The first-order valence-electron chi connectivity index (χ1n) is 8.67. The molecule has 0 saturated carbocycles. The second-order valence-electron chi connectivity index (χ2n) is 6.25. The van der Waals surface area contributed by atoms with Crippen molar-refractivity contribution in [1.29, 1.82) is 0 Å². The van der Waals surface area contributed by atoms with Gasteiger partial charge in [0.1, 0.15) is 6.33 Å². The molecule has 9 heteroatoms. The van der Waals surface area contributed by atoms with Gasteiger partial charge in [-0.25, -0.2) is 0 Å². The van der Waals surface area contributed by atoms with Crippen LogP contribution in [0.4, 0.5) is 5.69 Å². The van der Waals surface area contributed by atoms with E-state index < -0.39 is 0 Å². The minimum atomic E-state index is -0.135. The Hall–Kier alpha value is -2.65. The molecule has 2 aromatic heterocycles. The maximum Gasteiger partial charge on any atom is 0.253 e. The van der Waals surface area contributed by atoms with Crippen LogP contribution in [0.5, 0.6) is 0 Å². The highest BCUT2D eigenvalue weighted by atomic mass is 32.2. The van der Waals surface area contributed by atoms with Crippen LogP contribution in [0.1, 0.15) is 15.2 Å². The Labute approximate surface area is 171 Å². The number of carbonyl (C=O) groups excluding carboxylic acids is 2. The van der Waals surface area contributed by atoms with E-state index in [1.165, 1.54) is 21.5 Å². The summed E-state index contributed by atoms with van der Waals surface area (Å²) in [5, 5.41) is 13.7. The topological polar surface area (TPSA) is 80.1 Å². The maximum atomic E-state index is 12.2. The molecule has 2 heterocycles. The third-order valence-electron chi connectivity index (χ3n) is 3.91. The second kappa shape index (κ2) is 9.52. The predicted octanol–water partition coefficient (Wildman–Crippen LogP) is 3.01. The Balaban J connectivity index is 1.49. The Kier molecular flexibility index (Phi) is 6.83. The minimum absolute atomic E-state index is 0.0738. The third-order valence-corrected chi connectivity index (χ3v) is 5.83. The molecular formula is C19H21N5O2S2. The number of anilines is 1. The number of hydrogen-bond donors (Lipinski definition) is 1. The van der Waals surface area contributed by atoms with Crippen molar-refractivity contribution in [1.82, 2.24) is 19.7 Å². The number of rotatable bonds is 8. The summed E-state index contributed by atoms with van der Waals surface area (Å²) in [5.74, 6) is 0.0237. The molecule has 0 bridgehead atoms. The van der Waals surface area contributed by atoms with Crippen molar-refractivity contribution in [2.45, 2.75) is 18.1 Å². The summed E-state index contributed by atoms with van der Waals surface area (Å²) in [4.78, 5) is 26.9. The van der Waals surface area contributed by atoms with Crippen molar-refractivity contribution in [3.8, 4) is 0 Å². The third kappa shape index (κ3) is 5.43. The van der Waals surface area contributed by atoms with Crippen LogP contribution in [0.3, 0.4) is 0 Å². The summed E-state index contributed by atoms with van der Waals surface area (Å²) in [6, 6.07) is 11.0. The molecule has 3 aromatic rings. The van der Waals surface area contributed by atoms with Crippen LogP contribution < -0.4 is 5.32 Å². The Morgan fingerprint density at radius 1 is 1.21 bits per heavy atom. The van der Waals surface area contributed by atoms with Crippen LogP contribution in [-0.2, 0) is 17.8 Å². The van der Waals surface area contributed by atoms with Crippen molar-refractivity contribution in [3.05, 3.63) is 58.5 Å². The van der Waals surface area contributed by atoms with Gasteiger partial charge < -0.3 is 14.8 Å². The number of carbonyl (C=O) groups is 2. The summed E-state index contributed by atoms with van der Waals surface area (Å²) in [6.45, 7) is 0.777. The first-order chi connectivity index (χ1) is 13.5. The van der Waals surface area contributed by atoms with E-state index in [9.17, 15) is 9.59 Å². The fourth-order valence-corrected chi connectivity index (χ4v) is 3.92. The largest absolute Gasteiger partial charge is 0.345 e. The van der Waals surface area contributed by atoms with E-state index in [1.54, 1.807) is 56.0 Å². The number of benzene rings is 1. The Bertz CT molecular complexity index is 920. The van der Waals surface area contributed by atoms with E-state index in [2.05, 4.69) is 27.0 Å². The van der Waals surface area contributed by atoms with Gasteiger partial charge in [0.2, 0.25) is 5.91 Å². The molecule has 146 valence electrons. The lowest BCUT2D eigenvalue weighted by Gasteiger charge is -2.11. The van der Waals surface area contributed by atoms with Crippen molar-refractivity contribution in [2.24, 2.45) is 0 Å². The van der Waals surface area contributed by atoms with E-state index in [4.69, 9.17) is 0 Å². The molecule has 0 radical (unpaired) electrons. The fraction of sp³-hybridized carbons (Fsp3) is 0.263. The van der Waals surface area contributed by atoms with Crippen LogP contribution in [0.2, 0.25) is 0 Å². The molecule has 0 aliphatic heterocycles. The number of hydrogen-bond acceptors (Lipinski definition) is 6. The summed E-state index contributed by atoms with van der Waals surface area (Å²) >= 11 is 3.08. The van der Waals surface area contributed by atoms with Crippen LogP contribution in [0.15, 0.2) is 53.3 Å². The van der Waals surface area contributed by atoms with Gasteiger partial charge in [-0.2, -0.15) is 0 Å². The first kappa shape index (κ1) is 20.1. The highest BCUT2D eigenvalue weighted by Gasteiger charge is 2.11. The molecule has 2 amide bonds. The van der Waals surface area contributed by atoms with Gasteiger partial charge in [-0.15, -0.1) is 21.5 Å². The lowest BCUT2D eigenvalue weighted by Crippen LogP contribution is -2.21. The van der Waals surface area contributed by atoms with E-state index in [0.29, 0.717) is 11.3 Å². The number of aromatic nitrogens is 3. The molecule has 0 atom stereocenters. The van der Waals surface area contributed by atoms with E-state index in [0.717, 1.165) is 18.1 Å². The average Bonchev–Trinajstić information content (AvgIpc) is 3.36. The Morgan fingerprint density at radius 3 is 2.68 bits per heavy atom. The number of thiophene rings is 1. The standard InChI is InChI=1S/C19H21N5O2S2/c1-23(2)18(26)14-5-7-15(8-6-14)21-17(25)12-28-19-22-20-13-24(19)10-9-16-4-3-11-27-16/h3-8,11,13H,9-10,12H2,1-2H3,(H,21,25). The van der Waals surface area contributed by atoms with Gasteiger partial charge in [0.25, 0.3) is 5.91 Å². The number of thioether (sulfide) groups is 1. The minimum Gasteiger partial charge on any atom is -0.345 e. The highest BCUT2D eigenvalue weighted by Crippen LogP contribution is 2.18. The quantitative estimate of drug-likeness (QED) is 0.572. The lowest BCUT2D eigenvalue weighted by molar-refractivity contribution is -0.113. The molecule has 0 spiro atoms. The van der Waals surface area contributed by atoms with Crippen molar-refractivity contribution in [3.63, 3.8) is 0 Å². The zero-order valence-corrected chi connectivity index (χ0v) is 17.3. The highest BCUT2D eigenvalue weighted by molar-refractivity contribution is 7.99. The normalized spacial score (nSPS) is 10.6. The number of nitrogens with one attached hydrogen (secondary N) is 1. The molecule has 28 heavy (non-hydrogen) atoms. The van der Waals surface area contributed by atoms with E-state index in [-0.39, 0.29) is 17.6 Å². The molecule has 0 aliphatic rings. The smallest absolute Gasteiger partial charge is 0.253 e. The predicted molar refractivity (Wildman–Crippen MR) is 112 cm³/mol. The SMILES string of the molecule is CN(C)C(=O)c1ccc(NC(=O)CSc2nncn2CCc2cccs2)cc1. The molecule has 0 aliphatic carbocycles.